The van der Waals surface area contributed by atoms with Gasteiger partial charge in [-0.25, -0.2) is 14.6 Å². The van der Waals surface area contributed by atoms with E-state index in [1.807, 2.05) is 0 Å². The van der Waals surface area contributed by atoms with Crippen LogP contribution in [-0.2, 0) is 13.6 Å². The first kappa shape index (κ1) is 11.1. The van der Waals surface area contributed by atoms with Crippen molar-refractivity contribution in [3.63, 3.8) is 0 Å². The second-order valence-corrected chi connectivity index (χ2v) is 3.67. The Hall–Kier alpha value is -2.37. The van der Waals surface area contributed by atoms with Crippen LogP contribution in [0.1, 0.15) is 16.1 Å². The van der Waals surface area contributed by atoms with Crippen molar-refractivity contribution in [1.82, 2.24) is 14.1 Å². The van der Waals surface area contributed by atoms with Gasteiger partial charge in [0, 0.05) is 25.6 Å². The van der Waals surface area contributed by atoms with Crippen molar-refractivity contribution in [3.05, 3.63) is 52.5 Å². The van der Waals surface area contributed by atoms with Crippen LogP contribution < -0.4 is 5.69 Å². The zero-order chi connectivity index (χ0) is 12.4. The van der Waals surface area contributed by atoms with Gasteiger partial charge in [-0.2, -0.15) is 0 Å². The summed E-state index contributed by atoms with van der Waals surface area (Å²) in [6.45, 7) is 0.336. The fourth-order valence-corrected chi connectivity index (χ4v) is 1.52. The summed E-state index contributed by atoms with van der Waals surface area (Å²) in [4.78, 5) is 26.0. The van der Waals surface area contributed by atoms with Gasteiger partial charge < -0.3 is 9.67 Å². The van der Waals surface area contributed by atoms with E-state index in [4.69, 9.17) is 5.11 Å². The van der Waals surface area contributed by atoms with Crippen LogP contribution in [0.3, 0.4) is 0 Å². The molecule has 0 atom stereocenters. The van der Waals surface area contributed by atoms with Crippen molar-refractivity contribution >= 4 is 5.97 Å². The van der Waals surface area contributed by atoms with Crippen LogP contribution in [0.2, 0.25) is 0 Å². The Morgan fingerprint density at radius 2 is 2.24 bits per heavy atom. The van der Waals surface area contributed by atoms with E-state index in [1.54, 1.807) is 25.5 Å². The first-order valence-electron chi connectivity index (χ1n) is 4.98. The molecule has 88 valence electrons. The Morgan fingerprint density at radius 1 is 1.47 bits per heavy atom. The molecular weight excluding hydrogens is 222 g/mol. The maximum absolute atomic E-state index is 11.6. The lowest BCUT2D eigenvalue weighted by Crippen LogP contribution is -2.22. The number of hydrogen-bond donors (Lipinski definition) is 1. The number of aryl methyl sites for hydroxylation is 1. The molecule has 2 heterocycles. The second-order valence-electron chi connectivity index (χ2n) is 3.67. The molecule has 2 aromatic rings. The molecule has 0 aromatic carbocycles. The Labute approximate surface area is 96.8 Å². The summed E-state index contributed by atoms with van der Waals surface area (Å²) >= 11 is 0. The number of nitrogens with zero attached hydrogens (tertiary/aromatic N) is 3. The monoisotopic (exact) mass is 233 g/mol. The number of aromatic carboxylic acids is 1. The van der Waals surface area contributed by atoms with Crippen LogP contribution in [0, 0.1) is 0 Å². The Bertz CT molecular complexity index is 612. The average Bonchev–Trinajstić information content (AvgIpc) is 2.61. The number of carboxylic acid groups (broad SMARTS) is 1. The first-order valence-corrected chi connectivity index (χ1v) is 4.98. The van der Waals surface area contributed by atoms with Crippen molar-refractivity contribution in [2.75, 3.05) is 0 Å². The fraction of sp³-hybridized carbons (Fsp3) is 0.182. The maximum Gasteiger partial charge on any atom is 0.354 e. The van der Waals surface area contributed by atoms with E-state index in [-0.39, 0.29) is 11.4 Å². The number of rotatable bonds is 3. The summed E-state index contributed by atoms with van der Waals surface area (Å²) in [5.41, 5.74) is 0.566. The summed E-state index contributed by atoms with van der Waals surface area (Å²) in [5, 5.41) is 8.80. The van der Waals surface area contributed by atoms with Crippen LogP contribution in [0.15, 0.2) is 35.5 Å². The Morgan fingerprint density at radius 3 is 2.82 bits per heavy atom. The summed E-state index contributed by atoms with van der Waals surface area (Å²) in [6.07, 6.45) is 4.73. The number of pyridine rings is 1. The molecule has 1 N–H and O–H groups in total. The second kappa shape index (κ2) is 4.25. The predicted octanol–water partition coefficient (Wildman–Crippen LogP) is 0.328. The van der Waals surface area contributed by atoms with Crippen molar-refractivity contribution in [2.24, 2.45) is 7.05 Å². The summed E-state index contributed by atoms with van der Waals surface area (Å²) in [5.74, 6) is -1.08. The molecule has 0 aliphatic heterocycles. The molecule has 6 heteroatoms. The van der Waals surface area contributed by atoms with Gasteiger partial charge in [0.15, 0.2) is 0 Å². The maximum atomic E-state index is 11.6. The normalized spacial score (nSPS) is 10.4. The molecule has 0 aliphatic carbocycles. The molecule has 0 spiro atoms. The van der Waals surface area contributed by atoms with Gasteiger partial charge in [0.2, 0.25) is 0 Å². The third-order valence-electron chi connectivity index (χ3n) is 2.41. The molecule has 0 unspecified atom stereocenters. The largest absolute Gasteiger partial charge is 0.477 e. The molecule has 0 fully saturated rings. The topological polar surface area (TPSA) is 77.1 Å². The SMILES string of the molecule is Cn1ccn(Cc2ccnc(C(=O)O)c2)c1=O. The van der Waals surface area contributed by atoms with Gasteiger partial charge in [0.25, 0.3) is 0 Å². The molecule has 17 heavy (non-hydrogen) atoms. The van der Waals surface area contributed by atoms with Crippen LogP contribution in [0.4, 0.5) is 0 Å². The van der Waals surface area contributed by atoms with Crippen LogP contribution in [0.5, 0.6) is 0 Å². The van der Waals surface area contributed by atoms with Crippen LogP contribution in [-0.4, -0.2) is 25.2 Å². The first-order chi connectivity index (χ1) is 8.08. The standard InChI is InChI=1S/C11H11N3O3/c1-13-4-5-14(11(13)17)7-8-2-3-12-9(6-8)10(15)16/h2-6H,7H2,1H3,(H,15,16). The van der Waals surface area contributed by atoms with Crippen LogP contribution in [0.25, 0.3) is 0 Å². The van der Waals surface area contributed by atoms with E-state index in [1.165, 1.54) is 21.4 Å². The number of hydrogen-bond acceptors (Lipinski definition) is 3. The zero-order valence-corrected chi connectivity index (χ0v) is 9.20. The van der Waals surface area contributed by atoms with Gasteiger partial charge >= 0.3 is 11.7 Å². The van der Waals surface area contributed by atoms with Gasteiger partial charge in [-0.3, -0.25) is 4.57 Å². The molecular formula is C11H11N3O3. The van der Waals surface area contributed by atoms with E-state index in [0.29, 0.717) is 6.54 Å². The predicted molar refractivity (Wildman–Crippen MR) is 60.0 cm³/mol. The highest BCUT2D eigenvalue weighted by Gasteiger charge is 2.06. The molecule has 6 nitrogen and oxygen atoms in total. The van der Waals surface area contributed by atoms with Crippen molar-refractivity contribution in [1.29, 1.82) is 0 Å². The van der Waals surface area contributed by atoms with Crippen molar-refractivity contribution in [2.45, 2.75) is 6.54 Å². The molecule has 0 bridgehead atoms. The third-order valence-corrected chi connectivity index (χ3v) is 2.41. The van der Waals surface area contributed by atoms with Crippen molar-refractivity contribution < 1.29 is 9.90 Å². The highest BCUT2D eigenvalue weighted by molar-refractivity contribution is 5.85. The molecule has 0 radical (unpaired) electrons. The molecule has 0 aliphatic rings. The lowest BCUT2D eigenvalue weighted by atomic mass is 10.2. The third kappa shape index (κ3) is 2.25. The number of aromatic nitrogens is 3. The van der Waals surface area contributed by atoms with E-state index in [2.05, 4.69) is 4.98 Å². The molecule has 2 rings (SSSR count). The van der Waals surface area contributed by atoms with Gasteiger partial charge in [-0.1, -0.05) is 0 Å². The average molecular weight is 233 g/mol. The lowest BCUT2D eigenvalue weighted by molar-refractivity contribution is 0.0690. The minimum atomic E-state index is -1.08. The van der Waals surface area contributed by atoms with Crippen LogP contribution >= 0.6 is 0 Å². The van der Waals surface area contributed by atoms with E-state index in [0.717, 1.165) is 5.56 Å². The summed E-state index contributed by atoms with van der Waals surface area (Å²) < 4.78 is 2.96. The lowest BCUT2D eigenvalue weighted by Gasteiger charge is -2.02. The molecule has 0 saturated heterocycles. The zero-order valence-electron chi connectivity index (χ0n) is 9.20. The Kier molecular flexibility index (Phi) is 2.78. The van der Waals surface area contributed by atoms with E-state index >= 15 is 0 Å². The smallest absolute Gasteiger partial charge is 0.354 e. The number of carbonyl (C=O) groups is 1. The summed E-state index contributed by atoms with van der Waals surface area (Å²) in [7, 11) is 1.66. The Balaban J connectivity index is 2.30. The van der Waals surface area contributed by atoms with Crippen molar-refractivity contribution in [3.8, 4) is 0 Å². The van der Waals surface area contributed by atoms with Gasteiger partial charge in [-0.05, 0) is 17.7 Å². The van der Waals surface area contributed by atoms with Gasteiger partial charge in [0.05, 0.1) is 6.54 Å². The minimum Gasteiger partial charge on any atom is -0.477 e. The quantitative estimate of drug-likeness (QED) is 0.828. The molecule has 0 amide bonds. The van der Waals surface area contributed by atoms with Gasteiger partial charge in [-0.15, -0.1) is 0 Å². The fourth-order valence-electron chi connectivity index (χ4n) is 1.52. The summed E-state index contributed by atoms with van der Waals surface area (Å²) in [6, 6.07) is 3.15. The number of imidazole rings is 1. The van der Waals surface area contributed by atoms with E-state index < -0.39 is 5.97 Å². The molecule has 0 saturated carbocycles. The minimum absolute atomic E-state index is 0.0218. The van der Waals surface area contributed by atoms with E-state index in [9.17, 15) is 9.59 Å². The highest BCUT2D eigenvalue weighted by atomic mass is 16.4. The number of carboxylic acids is 1. The highest BCUT2D eigenvalue weighted by Crippen LogP contribution is 2.03. The molecule has 2 aromatic heterocycles. The van der Waals surface area contributed by atoms with Gasteiger partial charge in [0.1, 0.15) is 5.69 Å².